The zero-order valence-corrected chi connectivity index (χ0v) is 21.8. The van der Waals surface area contributed by atoms with E-state index in [4.69, 9.17) is 0 Å². The maximum atomic E-state index is 11.9. The van der Waals surface area contributed by atoms with E-state index in [2.05, 4.69) is 25.2 Å². The molecule has 1 heterocycles. The first kappa shape index (κ1) is 30.1. The fraction of sp³-hybridized carbons (Fsp3) is 0.833. The Morgan fingerprint density at radius 2 is 1.32 bits per heavy atom. The predicted octanol–water partition coefficient (Wildman–Crippen LogP) is 4.17. The number of hydrogen-bond donors (Lipinski definition) is 3. The normalized spacial score (nSPS) is 11.4. The van der Waals surface area contributed by atoms with Crippen LogP contribution in [0.15, 0.2) is 6.33 Å². The number of hydrogen-bond acceptors (Lipinski definition) is 6. The summed E-state index contributed by atoms with van der Waals surface area (Å²) >= 11 is 0. The topological polar surface area (TPSA) is 134 Å². The molecule has 0 aromatic carbocycles. The second-order valence-corrected chi connectivity index (χ2v) is 10.8. The first-order valence-electron chi connectivity index (χ1n) is 13.1. The molecular formula is C24H45N5O4S. The summed E-state index contributed by atoms with van der Waals surface area (Å²) in [6.07, 6.45) is 18.5. The van der Waals surface area contributed by atoms with E-state index in [0.29, 0.717) is 13.0 Å². The van der Waals surface area contributed by atoms with E-state index in [1.807, 2.05) is 6.92 Å². The van der Waals surface area contributed by atoms with Crippen molar-refractivity contribution in [2.45, 2.75) is 116 Å². The van der Waals surface area contributed by atoms with Gasteiger partial charge in [-0.1, -0.05) is 70.6 Å². The van der Waals surface area contributed by atoms with E-state index in [0.717, 1.165) is 25.1 Å². The number of rotatable bonds is 22. The van der Waals surface area contributed by atoms with Gasteiger partial charge in [-0.05, 0) is 26.2 Å². The first-order valence-corrected chi connectivity index (χ1v) is 14.7. The van der Waals surface area contributed by atoms with E-state index < -0.39 is 15.9 Å². The van der Waals surface area contributed by atoms with Gasteiger partial charge in [0, 0.05) is 25.8 Å². The number of carbonyl (C=O) groups is 2. The Morgan fingerprint density at radius 1 is 0.794 bits per heavy atom. The molecule has 0 spiro atoms. The van der Waals surface area contributed by atoms with E-state index in [1.165, 1.54) is 64.2 Å². The Bertz CT molecular complexity index is 753. The van der Waals surface area contributed by atoms with Crippen LogP contribution in [0.3, 0.4) is 0 Å². The lowest BCUT2D eigenvalue weighted by molar-refractivity contribution is -0.121. The molecule has 34 heavy (non-hydrogen) atoms. The summed E-state index contributed by atoms with van der Waals surface area (Å²) in [5, 5.41) is 9.38. The molecule has 0 atom stereocenters. The zero-order chi connectivity index (χ0) is 24.9. The standard InChI is InChI=1S/C24H45N5O4S/c1-2-25-23(30)19-16-20-34(32,33)29-24(31)18-15-13-11-9-7-5-3-4-6-8-10-12-14-17-22-26-21-27-28-22/h21H,2-20H2,1H3,(H,25,30)(H,29,31)(H,26,27,28). The third-order valence-corrected chi connectivity index (χ3v) is 7.11. The van der Waals surface area contributed by atoms with Crippen LogP contribution in [0.2, 0.25) is 0 Å². The fourth-order valence-corrected chi connectivity index (χ4v) is 4.93. The molecule has 3 N–H and O–H groups in total. The molecule has 0 saturated heterocycles. The van der Waals surface area contributed by atoms with Crippen molar-refractivity contribution in [1.82, 2.24) is 25.2 Å². The highest BCUT2D eigenvalue weighted by Crippen LogP contribution is 2.13. The van der Waals surface area contributed by atoms with Crippen LogP contribution < -0.4 is 10.0 Å². The van der Waals surface area contributed by atoms with E-state index in [-0.39, 0.29) is 30.9 Å². The van der Waals surface area contributed by atoms with Gasteiger partial charge in [-0.25, -0.2) is 13.4 Å². The monoisotopic (exact) mass is 499 g/mol. The number of nitrogens with zero attached hydrogens (tertiary/aromatic N) is 2. The number of H-pyrrole nitrogens is 1. The van der Waals surface area contributed by atoms with Crippen molar-refractivity contribution in [2.24, 2.45) is 0 Å². The van der Waals surface area contributed by atoms with Crippen molar-refractivity contribution in [3.8, 4) is 0 Å². The van der Waals surface area contributed by atoms with Crippen molar-refractivity contribution in [3.63, 3.8) is 0 Å². The molecule has 1 rings (SSSR count). The van der Waals surface area contributed by atoms with Crippen molar-refractivity contribution in [1.29, 1.82) is 0 Å². The molecule has 0 bridgehead atoms. The molecule has 0 aliphatic carbocycles. The third-order valence-electron chi connectivity index (χ3n) is 5.74. The summed E-state index contributed by atoms with van der Waals surface area (Å²) < 4.78 is 25.9. The average Bonchev–Trinajstić information content (AvgIpc) is 3.29. The number of amides is 2. The lowest BCUT2D eigenvalue weighted by atomic mass is 10.0. The van der Waals surface area contributed by atoms with Gasteiger partial charge in [0.1, 0.15) is 12.2 Å². The number of aryl methyl sites for hydroxylation is 1. The molecule has 2 amide bonds. The summed E-state index contributed by atoms with van der Waals surface area (Å²) in [6.45, 7) is 2.33. The number of aromatic nitrogens is 3. The van der Waals surface area contributed by atoms with Crippen molar-refractivity contribution >= 4 is 21.8 Å². The highest BCUT2D eigenvalue weighted by atomic mass is 32.2. The molecule has 0 unspecified atom stereocenters. The van der Waals surface area contributed by atoms with Crippen LogP contribution in [0.1, 0.15) is 115 Å². The molecule has 10 heteroatoms. The SMILES string of the molecule is CCNC(=O)CCCS(=O)(=O)NC(=O)CCCCCCCCCCCCCCCc1ncn[nH]1. The highest BCUT2D eigenvalue weighted by molar-refractivity contribution is 7.90. The molecule has 1 aromatic heterocycles. The van der Waals surface area contributed by atoms with Crippen LogP contribution in [0.25, 0.3) is 0 Å². The minimum absolute atomic E-state index is 0.147. The van der Waals surface area contributed by atoms with Gasteiger partial charge in [0.05, 0.1) is 5.75 Å². The van der Waals surface area contributed by atoms with Gasteiger partial charge in [-0.2, -0.15) is 5.10 Å². The zero-order valence-electron chi connectivity index (χ0n) is 20.9. The minimum Gasteiger partial charge on any atom is -0.356 e. The largest absolute Gasteiger partial charge is 0.356 e. The molecule has 0 radical (unpaired) electrons. The molecule has 0 fully saturated rings. The lowest BCUT2D eigenvalue weighted by Crippen LogP contribution is -2.33. The second kappa shape index (κ2) is 19.3. The maximum absolute atomic E-state index is 11.9. The maximum Gasteiger partial charge on any atom is 0.234 e. The Balaban J connectivity index is 1.84. The molecule has 0 saturated carbocycles. The third kappa shape index (κ3) is 17.5. The fourth-order valence-electron chi connectivity index (χ4n) is 3.86. The van der Waals surface area contributed by atoms with E-state index >= 15 is 0 Å². The second-order valence-electron chi connectivity index (χ2n) is 8.93. The Kier molecular flexibility index (Phi) is 17.1. The smallest absolute Gasteiger partial charge is 0.234 e. The summed E-state index contributed by atoms with van der Waals surface area (Å²) in [7, 11) is -3.66. The minimum atomic E-state index is -3.66. The highest BCUT2D eigenvalue weighted by Gasteiger charge is 2.14. The van der Waals surface area contributed by atoms with Gasteiger partial charge in [0.2, 0.25) is 21.8 Å². The number of carbonyl (C=O) groups excluding carboxylic acids is 2. The van der Waals surface area contributed by atoms with Crippen LogP contribution in [0.5, 0.6) is 0 Å². The van der Waals surface area contributed by atoms with E-state index in [1.54, 1.807) is 6.33 Å². The quantitative estimate of drug-likeness (QED) is 0.205. The van der Waals surface area contributed by atoms with Crippen LogP contribution in [0, 0.1) is 0 Å². The summed E-state index contributed by atoms with van der Waals surface area (Å²) in [4.78, 5) is 27.3. The Labute approximate surface area is 205 Å². The van der Waals surface area contributed by atoms with Crippen LogP contribution >= 0.6 is 0 Å². The van der Waals surface area contributed by atoms with Gasteiger partial charge in [0.15, 0.2) is 0 Å². The van der Waals surface area contributed by atoms with Gasteiger partial charge in [-0.15, -0.1) is 0 Å². The summed E-state index contributed by atoms with van der Waals surface area (Å²) in [6, 6.07) is 0. The van der Waals surface area contributed by atoms with Gasteiger partial charge < -0.3 is 5.32 Å². The van der Waals surface area contributed by atoms with Gasteiger partial charge in [0.25, 0.3) is 0 Å². The average molecular weight is 500 g/mol. The Morgan fingerprint density at radius 3 is 1.85 bits per heavy atom. The van der Waals surface area contributed by atoms with Crippen LogP contribution in [-0.4, -0.2) is 47.7 Å². The van der Waals surface area contributed by atoms with Gasteiger partial charge >= 0.3 is 0 Å². The van der Waals surface area contributed by atoms with E-state index in [9.17, 15) is 18.0 Å². The predicted molar refractivity (Wildman–Crippen MR) is 135 cm³/mol. The molecular weight excluding hydrogens is 454 g/mol. The number of aromatic amines is 1. The summed E-state index contributed by atoms with van der Waals surface area (Å²) in [5.41, 5.74) is 0. The van der Waals surface area contributed by atoms with Gasteiger partial charge in [-0.3, -0.25) is 19.4 Å². The molecule has 9 nitrogen and oxygen atoms in total. The van der Waals surface area contributed by atoms with Crippen LogP contribution in [0.4, 0.5) is 0 Å². The molecule has 196 valence electrons. The Hall–Kier alpha value is -1.97. The van der Waals surface area contributed by atoms with Crippen molar-refractivity contribution < 1.29 is 18.0 Å². The number of sulfonamides is 1. The molecule has 0 aliphatic rings. The molecule has 0 aliphatic heterocycles. The number of unbranched alkanes of at least 4 members (excludes halogenated alkanes) is 12. The number of nitrogens with one attached hydrogen (secondary N) is 3. The van der Waals surface area contributed by atoms with Crippen molar-refractivity contribution in [3.05, 3.63) is 12.2 Å². The first-order chi connectivity index (χ1) is 16.4. The van der Waals surface area contributed by atoms with Crippen LogP contribution in [-0.2, 0) is 26.0 Å². The van der Waals surface area contributed by atoms with Crippen molar-refractivity contribution in [2.75, 3.05) is 12.3 Å². The molecule has 1 aromatic rings. The lowest BCUT2D eigenvalue weighted by Gasteiger charge is -2.07. The summed E-state index contributed by atoms with van der Waals surface area (Å²) in [5.74, 6) is 0.156.